The van der Waals surface area contributed by atoms with Crippen molar-refractivity contribution in [2.75, 3.05) is 11.9 Å². The Balaban J connectivity index is 2.16. The quantitative estimate of drug-likeness (QED) is 0.854. The molecule has 4 heteroatoms. The van der Waals surface area contributed by atoms with Gasteiger partial charge in [-0.25, -0.2) is 0 Å². The monoisotopic (exact) mass is 257 g/mol. The second kappa shape index (κ2) is 5.41. The second-order valence-electron chi connectivity index (χ2n) is 5.31. The molecular weight excluding hydrogens is 238 g/mol. The average molecular weight is 257 g/mol. The van der Waals surface area contributed by atoms with Gasteiger partial charge in [-0.15, -0.1) is 0 Å². The van der Waals surface area contributed by atoms with E-state index < -0.39 is 5.54 Å². The Kier molecular flexibility index (Phi) is 3.87. The summed E-state index contributed by atoms with van der Waals surface area (Å²) in [5.41, 5.74) is 1.74. The normalized spacial score (nSPS) is 22.6. The summed E-state index contributed by atoms with van der Waals surface area (Å²) in [7, 11) is 0. The molecule has 1 aliphatic rings. The van der Waals surface area contributed by atoms with E-state index in [1.807, 2.05) is 19.9 Å². The number of piperidine rings is 1. The highest BCUT2D eigenvalue weighted by molar-refractivity contribution is 5.98. The minimum atomic E-state index is -0.507. The van der Waals surface area contributed by atoms with Crippen LogP contribution in [-0.4, -0.2) is 18.0 Å². The molecule has 0 spiro atoms. The topological polar surface area (TPSA) is 64.9 Å². The molecule has 100 valence electrons. The Labute approximate surface area is 113 Å². The largest absolute Gasteiger partial charge is 0.324 e. The maximum absolute atomic E-state index is 12.4. The van der Waals surface area contributed by atoms with Gasteiger partial charge in [0.05, 0.1) is 17.2 Å². The van der Waals surface area contributed by atoms with Gasteiger partial charge in [0.15, 0.2) is 0 Å². The number of aryl methyl sites for hydroxylation is 1. The van der Waals surface area contributed by atoms with Crippen LogP contribution >= 0.6 is 0 Å². The number of nitriles is 1. The number of nitrogens with one attached hydrogen (secondary N) is 2. The molecule has 2 rings (SSSR count). The van der Waals surface area contributed by atoms with Crippen molar-refractivity contribution in [2.45, 2.75) is 38.6 Å². The molecule has 1 aromatic carbocycles. The zero-order valence-corrected chi connectivity index (χ0v) is 11.4. The highest BCUT2D eigenvalue weighted by atomic mass is 16.2. The first-order valence-electron chi connectivity index (χ1n) is 6.62. The summed E-state index contributed by atoms with van der Waals surface area (Å²) in [6.07, 6.45) is 3.02. The molecule has 1 fully saturated rings. The van der Waals surface area contributed by atoms with Crippen LogP contribution in [0.4, 0.5) is 5.69 Å². The van der Waals surface area contributed by atoms with Gasteiger partial charge in [0.25, 0.3) is 0 Å². The molecule has 2 N–H and O–H groups in total. The zero-order chi connectivity index (χ0) is 13.9. The molecule has 4 nitrogen and oxygen atoms in total. The van der Waals surface area contributed by atoms with Gasteiger partial charge in [-0.3, -0.25) is 4.79 Å². The van der Waals surface area contributed by atoms with Crippen molar-refractivity contribution in [3.8, 4) is 6.07 Å². The summed E-state index contributed by atoms with van der Waals surface area (Å²) >= 11 is 0. The van der Waals surface area contributed by atoms with Gasteiger partial charge in [0.2, 0.25) is 5.91 Å². The second-order valence-corrected chi connectivity index (χ2v) is 5.31. The van der Waals surface area contributed by atoms with Crippen LogP contribution in [0.5, 0.6) is 0 Å². The SMILES string of the molecule is Cc1ccc(C#N)cc1NC(=O)C1(C)CCCCN1. The number of benzene rings is 1. The van der Waals surface area contributed by atoms with Crippen LogP contribution in [-0.2, 0) is 4.79 Å². The fourth-order valence-electron chi connectivity index (χ4n) is 2.34. The van der Waals surface area contributed by atoms with E-state index in [1.54, 1.807) is 12.1 Å². The van der Waals surface area contributed by atoms with Gasteiger partial charge < -0.3 is 10.6 Å². The number of carbonyl (C=O) groups excluding carboxylic acids is 1. The van der Waals surface area contributed by atoms with Crippen molar-refractivity contribution in [1.82, 2.24) is 5.32 Å². The van der Waals surface area contributed by atoms with Crippen LogP contribution < -0.4 is 10.6 Å². The maximum Gasteiger partial charge on any atom is 0.244 e. The van der Waals surface area contributed by atoms with Gasteiger partial charge in [-0.2, -0.15) is 5.26 Å². The standard InChI is InChI=1S/C15H19N3O/c1-11-5-6-12(10-16)9-13(11)18-14(19)15(2)7-3-4-8-17-15/h5-6,9,17H,3-4,7-8H2,1-2H3,(H,18,19). The lowest BCUT2D eigenvalue weighted by Crippen LogP contribution is -2.54. The van der Waals surface area contributed by atoms with E-state index in [2.05, 4.69) is 16.7 Å². The van der Waals surface area contributed by atoms with Crippen molar-refractivity contribution < 1.29 is 4.79 Å². The number of amides is 1. The summed E-state index contributed by atoms with van der Waals surface area (Å²) in [6.45, 7) is 4.74. The van der Waals surface area contributed by atoms with Gasteiger partial charge in [-0.05, 0) is 57.4 Å². The zero-order valence-electron chi connectivity index (χ0n) is 11.4. The molecule has 0 bridgehead atoms. The number of carbonyl (C=O) groups is 1. The molecular formula is C15H19N3O. The van der Waals surface area contributed by atoms with Crippen molar-refractivity contribution in [3.05, 3.63) is 29.3 Å². The molecule has 1 atom stereocenters. The van der Waals surface area contributed by atoms with Crippen molar-refractivity contribution in [2.24, 2.45) is 0 Å². The molecule has 0 aliphatic carbocycles. The van der Waals surface area contributed by atoms with Crippen molar-refractivity contribution in [3.63, 3.8) is 0 Å². The fraction of sp³-hybridized carbons (Fsp3) is 0.467. The molecule has 0 aromatic heterocycles. The van der Waals surface area contributed by atoms with E-state index in [-0.39, 0.29) is 5.91 Å². The highest BCUT2D eigenvalue weighted by Crippen LogP contribution is 2.23. The number of anilines is 1. The minimum absolute atomic E-state index is 0.0228. The Morgan fingerprint density at radius 2 is 2.26 bits per heavy atom. The lowest BCUT2D eigenvalue weighted by atomic mass is 9.90. The first-order valence-corrected chi connectivity index (χ1v) is 6.62. The summed E-state index contributed by atoms with van der Waals surface area (Å²) in [5.74, 6) is -0.0228. The third-order valence-electron chi connectivity index (χ3n) is 3.73. The molecule has 1 aliphatic heterocycles. The van der Waals surface area contributed by atoms with Gasteiger partial charge in [-0.1, -0.05) is 6.07 Å². The van der Waals surface area contributed by atoms with Crippen LogP contribution in [0.3, 0.4) is 0 Å². The van der Waals surface area contributed by atoms with E-state index in [0.717, 1.165) is 37.1 Å². The minimum Gasteiger partial charge on any atom is -0.324 e. The van der Waals surface area contributed by atoms with Gasteiger partial charge in [0.1, 0.15) is 0 Å². The summed E-state index contributed by atoms with van der Waals surface area (Å²) in [4.78, 5) is 12.4. The molecule has 0 saturated carbocycles. The first-order chi connectivity index (χ1) is 9.05. The summed E-state index contributed by atoms with van der Waals surface area (Å²) < 4.78 is 0. The third kappa shape index (κ3) is 2.94. The van der Waals surface area contributed by atoms with Crippen LogP contribution in [0.15, 0.2) is 18.2 Å². The van der Waals surface area contributed by atoms with E-state index >= 15 is 0 Å². The van der Waals surface area contributed by atoms with Crippen molar-refractivity contribution >= 4 is 11.6 Å². The molecule has 0 radical (unpaired) electrons. The first kappa shape index (κ1) is 13.6. The molecule has 1 aromatic rings. The Bertz CT molecular complexity index is 525. The Hall–Kier alpha value is -1.86. The van der Waals surface area contributed by atoms with E-state index in [0.29, 0.717) is 5.56 Å². The maximum atomic E-state index is 12.4. The summed E-state index contributed by atoms with van der Waals surface area (Å²) in [5, 5.41) is 15.1. The average Bonchev–Trinajstić information content (AvgIpc) is 2.42. The van der Waals surface area contributed by atoms with Gasteiger partial charge in [0, 0.05) is 5.69 Å². The van der Waals surface area contributed by atoms with Gasteiger partial charge >= 0.3 is 0 Å². The highest BCUT2D eigenvalue weighted by Gasteiger charge is 2.34. The lowest BCUT2D eigenvalue weighted by Gasteiger charge is -2.33. The molecule has 1 unspecified atom stereocenters. The Morgan fingerprint density at radius 3 is 2.89 bits per heavy atom. The molecule has 1 saturated heterocycles. The number of rotatable bonds is 2. The summed E-state index contributed by atoms with van der Waals surface area (Å²) in [6, 6.07) is 7.42. The number of hydrogen-bond donors (Lipinski definition) is 2. The third-order valence-corrected chi connectivity index (χ3v) is 3.73. The van der Waals surface area contributed by atoms with Crippen LogP contribution in [0.25, 0.3) is 0 Å². The van der Waals surface area contributed by atoms with E-state index in [1.165, 1.54) is 0 Å². The molecule has 19 heavy (non-hydrogen) atoms. The van der Waals surface area contributed by atoms with E-state index in [9.17, 15) is 4.79 Å². The predicted octanol–water partition coefficient (Wildman–Crippen LogP) is 2.34. The van der Waals surface area contributed by atoms with E-state index in [4.69, 9.17) is 5.26 Å². The molecule has 1 heterocycles. The van der Waals surface area contributed by atoms with Crippen LogP contribution in [0.1, 0.15) is 37.3 Å². The van der Waals surface area contributed by atoms with Crippen molar-refractivity contribution in [1.29, 1.82) is 5.26 Å². The fourth-order valence-corrected chi connectivity index (χ4v) is 2.34. The van der Waals surface area contributed by atoms with Crippen LogP contribution in [0.2, 0.25) is 0 Å². The predicted molar refractivity (Wildman–Crippen MR) is 74.8 cm³/mol. The molecule has 1 amide bonds. The Morgan fingerprint density at radius 1 is 1.47 bits per heavy atom. The van der Waals surface area contributed by atoms with Crippen LogP contribution in [0, 0.1) is 18.3 Å². The lowest BCUT2D eigenvalue weighted by molar-refractivity contribution is -0.122. The smallest absolute Gasteiger partial charge is 0.244 e. The number of hydrogen-bond acceptors (Lipinski definition) is 3. The number of nitrogens with zero attached hydrogens (tertiary/aromatic N) is 1.